The minimum Gasteiger partial charge on any atom is -0.396 e. The van der Waals surface area contributed by atoms with Gasteiger partial charge in [0.2, 0.25) is 0 Å². The van der Waals surface area contributed by atoms with Crippen LogP contribution < -0.4 is 0 Å². The summed E-state index contributed by atoms with van der Waals surface area (Å²) in [6, 6.07) is 0. The molecule has 1 fully saturated rings. The SMILES string of the molecule is CCC(O)C[C@H]1C[C@@H](CO)[C@@H](O)[C@H](O)[C@H]1O. The molecular formula is C11H22O5. The second-order valence-electron chi connectivity index (χ2n) is 4.71. The van der Waals surface area contributed by atoms with E-state index in [9.17, 15) is 20.4 Å². The van der Waals surface area contributed by atoms with Crippen molar-refractivity contribution >= 4 is 0 Å². The van der Waals surface area contributed by atoms with Crippen LogP contribution in [0.4, 0.5) is 0 Å². The van der Waals surface area contributed by atoms with Crippen LogP contribution in [0.15, 0.2) is 0 Å². The zero-order valence-corrected chi connectivity index (χ0v) is 9.53. The molecule has 0 bridgehead atoms. The molecule has 1 rings (SSSR count). The molecule has 0 radical (unpaired) electrons. The molecule has 0 aromatic rings. The highest BCUT2D eigenvalue weighted by atomic mass is 16.4. The lowest BCUT2D eigenvalue weighted by molar-refractivity contribution is -0.147. The highest BCUT2D eigenvalue weighted by Crippen LogP contribution is 2.33. The monoisotopic (exact) mass is 234 g/mol. The van der Waals surface area contributed by atoms with Crippen LogP contribution in [-0.4, -0.2) is 56.6 Å². The van der Waals surface area contributed by atoms with Gasteiger partial charge in [0, 0.05) is 12.5 Å². The minimum absolute atomic E-state index is 0.219. The molecule has 1 aliphatic carbocycles. The zero-order valence-electron chi connectivity index (χ0n) is 9.53. The van der Waals surface area contributed by atoms with Gasteiger partial charge in [0.15, 0.2) is 0 Å². The topological polar surface area (TPSA) is 101 Å². The number of hydrogen-bond donors (Lipinski definition) is 5. The van der Waals surface area contributed by atoms with E-state index in [1.165, 1.54) is 0 Å². The number of aliphatic hydroxyl groups is 5. The Morgan fingerprint density at radius 2 is 1.62 bits per heavy atom. The fourth-order valence-electron chi connectivity index (χ4n) is 2.36. The van der Waals surface area contributed by atoms with Crippen molar-refractivity contribution in [2.24, 2.45) is 11.8 Å². The molecule has 0 aromatic heterocycles. The molecule has 1 aliphatic rings. The van der Waals surface area contributed by atoms with Gasteiger partial charge >= 0.3 is 0 Å². The predicted molar refractivity (Wildman–Crippen MR) is 57.6 cm³/mol. The second kappa shape index (κ2) is 5.93. The maximum Gasteiger partial charge on any atom is 0.106 e. The van der Waals surface area contributed by atoms with E-state index in [0.29, 0.717) is 19.3 Å². The van der Waals surface area contributed by atoms with Crippen LogP contribution in [0.5, 0.6) is 0 Å². The lowest BCUT2D eigenvalue weighted by atomic mass is 9.74. The second-order valence-corrected chi connectivity index (χ2v) is 4.71. The van der Waals surface area contributed by atoms with Crippen LogP contribution in [0, 0.1) is 11.8 Å². The van der Waals surface area contributed by atoms with Crippen molar-refractivity contribution in [2.75, 3.05) is 6.61 Å². The van der Waals surface area contributed by atoms with Gasteiger partial charge in [-0.1, -0.05) is 6.92 Å². The van der Waals surface area contributed by atoms with Crippen molar-refractivity contribution in [3.63, 3.8) is 0 Å². The number of aliphatic hydroxyl groups excluding tert-OH is 5. The Hall–Kier alpha value is -0.200. The van der Waals surface area contributed by atoms with Crippen LogP contribution in [0.2, 0.25) is 0 Å². The van der Waals surface area contributed by atoms with E-state index in [0.717, 1.165) is 0 Å². The third-order valence-corrected chi connectivity index (χ3v) is 3.55. The van der Waals surface area contributed by atoms with Gasteiger partial charge in [0.05, 0.1) is 18.3 Å². The highest BCUT2D eigenvalue weighted by molar-refractivity contribution is 4.92. The van der Waals surface area contributed by atoms with Crippen LogP contribution in [-0.2, 0) is 0 Å². The lowest BCUT2D eigenvalue weighted by Gasteiger charge is -2.40. The van der Waals surface area contributed by atoms with Gasteiger partial charge in [0.1, 0.15) is 6.10 Å². The first-order valence-corrected chi connectivity index (χ1v) is 5.84. The molecule has 96 valence electrons. The van der Waals surface area contributed by atoms with Crippen LogP contribution >= 0.6 is 0 Å². The molecule has 1 saturated carbocycles. The van der Waals surface area contributed by atoms with Crippen LogP contribution in [0.25, 0.3) is 0 Å². The van der Waals surface area contributed by atoms with Gasteiger partial charge in [-0.25, -0.2) is 0 Å². The van der Waals surface area contributed by atoms with E-state index in [2.05, 4.69) is 0 Å². The standard InChI is InChI=1S/C11H22O5/c1-2-8(13)4-6-3-7(5-12)10(15)11(16)9(6)14/h6-16H,2-5H2,1H3/t6-,7+,8?,9+,10-,11-/m1/s1. The Morgan fingerprint density at radius 3 is 2.12 bits per heavy atom. The van der Waals surface area contributed by atoms with Crippen molar-refractivity contribution in [2.45, 2.75) is 50.6 Å². The summed E-state index contributed by atoms with van der Waals surface area (Å²) < 4.78 is 0. The largest absolute Gasteiger partial charge is 0.396 e. The molecule has 6 atom stereocenters. The smallest absolute Gasteiger partial charge is 0.106 e. The molecule has 5 nitrogen and oxygen atoms in total. The van der Waals surface area contributed by atoms with E-state index in [-0.39, 0.29) is 12.5 Å². The average molecular weight is 234 g/mol. The zero-order chi connectivity index (χ0) is 12.3. The summed E-state index contributed by atoms with van der Waals surface area (Å²) >= 11 is 0. The Morgan fingerprint density at radius 1 is 1.06 bits per heavy atom. The van der Waals surface area contributed by atoms with Gasteiger partial charge < -0.3 is 25.5 Å². The van der Waals surface area contributed by atoms with Gasteiger partial charge in [-0.2, -0.15) is 0 Å². The Bertz CT molecular complexity index is 209. The maximum absolute atomic E-state index is 9.76. The van der Waals surface area contributed by atoms with E-state index < -0.39 is 30.3 Å². The molecule has 1 unspecified atom stereocenters. The summed E-state index contributed by atoms with van der Waals surface area (Å²) in [5, 5.41) is 47.5. The lowest BCUT2D eigenvalue weighted by Crippen LogP contribution is -2.52. The van der Waals surface area contributed by atoms with Gasteiger partial charge in [0.25, 0.3) is 0 Å². The first-order chi connectivity index (χ1) is 7.51. The summed E-state index contributed by atoms with van der Waals surface area (Å²) in [6.07, 6.45) is -2.47. The van der Waals surface area contributed by atoms with Crippen molar-refractivity contribution in [1.29, 1.82) is 0 Å². The van der Waals surface area contributed by atoms with Gasteiger partial charge in [-0.05, 0) is 25.2 Å². The van der Waals surface area contributed by atoms with Crippen LogP contribution in [0.3, 0.4) is 0 Å². The number of hydrogen-bond acceptors (Lipinski definition) is 5. The maximum atomic E-state index is 9.76. The van der Waals surface area contributed by atoms with Crippen molar-refractivity contribution in [1.82, 2.24) is 0 Å². The Balaban J connectivity index is 2.63. The summed E-state index contributed by atoms with van der Waals surface area (Å²) in [4.78, 5) is 0. The Kier molecular flexibility index (Phi) is 5.14. The molecule has 5 N–H and O–H groups in total. The summed E-state index contributed by atoms with van der Waals surface area (Å²) in [5.41, 5.74) is 0. The molecule has 16 heavy (non-hydrogen) atoms. The third-order valence-electron chi connectivity index (χ3n) is 3.55. The summed E-state index contributed by atoms with van der Waals surface area (Å²) in [5.74, 6) is -0.696. The quantitative estimate of drug-likeness (QED) is 0.423. The van der Waals surface area contributed by atoms with E-state index in [1.807, 2.05) is 6.92 Å². The molecule has 0 aliphatic heterocycles. The van der Waals surface area contributed by atoms with Gasteiger partial charge in [-0.15, -0.1) is 0 Å². The fraction of sp³-hybridized carbons (Fsp3) is 1.00. The third kappa shape index (κ3) is 2.93. The molecule has 0 saturated heterocycles. The first-order valence-electron chi connectivity index (χ1n) is 5.84. The first kappa shape index (κ1) is 13.9. The molecule has 0 amide bonds. The molecule has 5 heteroatoms. The van der Waals surface area contributed by atoms with E-state index in [4.69, 9.17) is 5.11 Å². The predicted octanol–water partition coefficient (Wildman–Crippen LogP) is -1.14. The number of rotatable bonds is 4. The molecule has 0 heterocycles. The Labute approximate surface area is 95.4 Å². The van der Waals surface area contributed by atoms with Crippen molar-refractivity contribution in [3.05, 3.63) is 0 Å². The summed E-state index contributed by atoms with van der Waals surface area (Å²) in [6.45, 7) is 1.62. The normalized spacial score (nSPS) is 42.0. The molecular weight excluding hydrogens is 212 g/mol. The fourth-order valence-corrected chi connectivity index (χ4v) is 2.36. The highest BCUT2D eigenvalue weighted by Gasteiger charge is 2.42. The summed E-state index contributed by atoms with van der Waals surface area (Å²) in [7, 11) is 0. The average Bonchev–Trinajstić information content (AvgIpc) is 2.29. The molecule has 0 spiro atoms. The minimum atomic E-state index is -1.24. The van der Waals surface area contributed by atoms with E-state index >= 15 is 0 Å². The molecule has 0 aromatic carbocycles. The van der Waals surface area contributed by atoms with Crippen LogP contribution in [0.1, 0.15) is 26.2 Å². The van der Waals surface area contributed by atoms with Crippen molar-refractivity contribution < 1.29 is 25.5 Å². The van der Waals surface area contributed by atoms with E-state index in [1.54, 1.807) is 0 Å². The van der Waals surface area contributed by atoms with Crippen molar-refractivity contribution in [3.8, 4) is 0 Å². The van der Waals surface area contributed by atoms with Gasteiger partial charge in [-0.3, -0.25) is 0 Å².